The summed E-state index contributed by atoms with van der Waals surface area (Å²) < 4.78 is 35.3. The topological polar surface area (TPSA) is 98.5 Å². The molecule has 0 radical (unpaired) electrons. The minimum Gasteiger partial charge on any atom is -0.497 e. The van der Waals surface area contributed by atoms with Crippen molar-refractivity contribution < 1.29 is 22.5 Å². The molecule has 1 aliphatic carbocycles. The number of carbonyl (C=O) groups is 1. The lowest BCUT2D eigenvalue weighted by Gasteiger charge is -2.33. The van der Waals surface area contributed by atoms with Crippen molar-refractivity contribution in [2.75, 3.05) is 19.4 Å². The van der Waals surface area contributed by atoms with Crippen LogP contribution < -0.4 is 10.1 Å². The quantitative estimate of drug-likeness (QED) is 0.771. The minimum absolute atomic E-state index is 0.00245. The Kier molecular flexibility index (Phi) is 6.03. The van der Waals surface area contributed by atoms with Crippen LogP contribution in [0.1, 0.15) is 49.0 Å². The van der Waals surface area contributed by atoms with Crippen LogP contribution in [-0.2, 0) is 22.7 Å². The first-order chi connectivity index (χ1) is 13.6. The summed E-state index contributed by atoms with van der Waals surface area (Å²) in [4.78, 5) is 12.8. The summed E-state index contributed by atoms with van der Waals surface area (Å²) in [6.07, 6.45) is 2.52. The number of hydrogen-bond acceptors (Lipinski definition) is 6. The summed E-state index contributed by atoms with van der Waals surface area (Å²) in [6.45, 7) is 6.58. The average Bonchev–Trinajstić information content (AvgIpc) is 3.10. The van der Waals surface area contributed by atoms with Crippen molar-refractivity contribution in [2.24, 2.45) is 11.3 Å². The SMILES string of the molecule is COc1ccc(S(=O)(=O)CCNC(=O)c2noc3c2C[C@H](C(C)(C)C)CC3)cc1. The molecule has 1 aromatic heterocycles. The van der Waals surface area contributed by atoms with Gasteiger partial charge in [-0.05, 0) is 48.4 Å². The first kappa shape index (κ1) is 21.4. The molecule has 3 rings (SSSR count). The number of fused-ring (bicyclic) bond motifs is 1. The molecule has 0 saturated heterocycles. The second kappa shape index (κ2) is 8.18. The molecule has 1 atom stereocenters. The molecule has 8 heteroatoms. The van der Waals surface area contributed by atoms with Gasteiger partial charge in [0.25, 0.3) is 5.91 Å². The third-order valence-electron chi connectivity index (χ3n) is 5.55. The Morgan fingerprint density at radius 1 is 1.28 bits per heavy atom. The van der Waals surface area contributed by atoms with Crippen LogP contribution in [0.15, 0.2) is 33.7 Å². The van der Waals surface area contributed by atoms with Gasteiger partial charge in [0, 0.05) is 18.5 Å². The maximum atomic E-state index is 12.6. The second-order valence-electron chi connectivity index (χ2n) is 8.49. The molecule has 0 spiro atoms. The number of carbonyl (C=O) groups excluding carboxylic acids is 1. The largest absolute Gasteiger partial charge is 0.497 e. The lowest BCUT2D eigenvalue weighted by atomic mass is 9.71. The van der Waals surface area contributed by atoms with Crippen LogP contribution in [0.3, 0.4) is 0 Å². The second-order valence-corrected chi connectivity index (χ2v) is 10.6. The van der Waals surface area contributed by atoms with Crippen LogP contribution in [0.2, 0.25) is 0 Å². The third-order valence-corrected chi connectivity index (χ3v) is 7.29. The van der Waals surface area contributed by atoms with Crippen LogP contribution in [0.25, 0.3) is 0 Å². The van der Waals surface area contributed by atoms with E-state index in [1.165, 1.54) is 19.2 Å². The number of benzene rings is 1. The number of nitrogens with one attached hydrogen (secondary N) is 1. The monoisotopic (exact) mass is 420 g/mol. The molecule has 1 amide bonds. The first-order valence-corrected chi connectivity index (χ1v) is 11.4. The van der Waals surface area contributed by atoms with Gasteiger partial charge in [0.15, 0.2) is 15.5 Å². The molecule has 2 aromatic rings. The van der Waals surface area contributed by atoms with Crippen LogP contribution in [0.4, 0.5) is 0 Å². The zero-order valence-electron chi connectivity index (χ0n) is 17.3. The fourth-order valence-corrected chi connectivity index (χ4v) is 4.76. The number of aromatic nitrogens is 1. The Morgan fingerprint density at radius 3 is 2.59 bits per heavy atom. The summed E-state index contributed by atoms with van der Waals surface area (Å²) in [5.41, 5.74) is 1.26. The molecule has 29 heavy (non-hydrogen) atoms. The molecule has 7 nitrogen and oxygen atoms in total. The van der Waals surface area contributed by atoms with E-state index in [-0.39, 0.29) is 28.3 Å². The number of amides is 1. The first-order valence-electron chi connectivity index (χ1n) is 9.74. The Morgan fingerprint density at radius 2 is 1.97 bits per heavy atom. The Bertz CT molecular complexity index is 971. The molecule has 0 bridgehead atoms. The Labute approximate surface area is 171 Å². The molecular formula is C21H28N2O5S. The fraction of sp³-hybridized carbons (Fsp3) is 0.524. The number of methoxy groups -OCH3 is 1. The van der Waals surface area contributed by atoms with Crippen molar-refractivity contribution in [3.05, 3.63) is 41.3 Å². The van der Waals surface area contributed by atoms with Gasteiger partial charge in [-0.1, -0.05) is 25.9 Å². The predicted octanol–water partition coefficient (Wildman–Crippen LogP) is 3.04. The zero-order chi connectivity index (χ0) is 21.2. The smallest absolute Gasteiger partial charge is 0.273 e. The highest BCUT2D eigenvalue weighted by Gasteiger charge is 2.34. The molecule has 0 aliphatic heterocycles. The number of hydrogen-bond donors (Lipinski definition) is 1. The molecular weight excluding hydrogens is 392 g/mol. The van der Waals surface area contributed by atoms with Crippen molar-refractivity contribution in [2.45, 2.75) is 44.9 Å². The highest BCUT2D eigenvalue weighted by atomic mass is 32.2. The maximum Gasteiger partial charge on any atom is 0.273 e. The van der Waals surface area contributed by atoms with Gasteiger partial charge in [-0.25, -0.2) is 8.42 Å². The van der Waals surface area contributed by atoms with Crippen molar-refractivity contribution in [1.29, 1.82) is 0 Å². The van der Waals surface area contributed by atoms with E-state index in [0.717, 1.165) is 30.6 Å². The number of nitrogens with zero attached hydrogens (tertiary/aromatic N) is 1. The van der Waals surface area contributed by atoms with E-state index >= 15 is 0 Å². The Balaban J connectivity index is 1.62. The molecule has 1 N–H and O–H groups in total. The molecule has 1 aromatic carbocycles. The van der Waals surface area contributed by atoms with Crippen molar-refractivity contribution in [3.8, 4) is 5.75 Å². The summed E-state index contributed by atoms with van der Waals surface area (Å²) in [6, 6.07) is 6.19. The van der Waals surface area contributed by atoms with Crippen molar-refractivity contribution in [1.82, 2.24) is 10.5 Å². The number of aryl methyl sites for hydroxylation is 1. The van der Waals surface area contributed by atoms with Gasteiger partial charge in [-0.15, -0.1) is 0 Å². The summed E-state index contributed by atoms with van der Waals surface area (Å²) >= 11 is 0. The van der Waals surface area contributed by atoms with Gasteiger partial charge in [0.1, 0.15) is 11.5 Å². The molecule has 1 heterocycles. The van der Waals surface area contributed by atoms with Crippen molar-refractivity contribution in [3.63, 3.8) is 0 Å². The number of ether oxygens (including phenoxy) is 1. The van der Waals surface area contributed by atoms with Crippen LogP contribution in [0, 0.1) is 11.3 Å². The molecule has 1 aliphatic rings. The van der Waals surface area contributed by atoms with Gasteiger partial charge < -0.3 is 14.6 Å². The van der Waals surface area contributed by atoms with Gasteiger partial charge in [0.2, 0.25) is 0 Å². The van der Waals surface area contributed by atoms with E-state index in [1.54, 1.807) is 12.1 Å². The standard InChI is InChI=1S/C21H28N2O5S/c1-21(2,3)14-5-10-18-17(13-14)19(23-28-18)20(24)22-11-12-29(25,26)16-8-6-15(27-4)7-9-16/h6-9,14H,5,10-13H2,1-4H3,(H,22,24)/t14-/m1/s1. The maximum absolute atomic E-state index is 12.6. The van der Waals surface area contributed by atoms with Gasteiger partial charge in [-0.3, -0.25) is 4.79 Å². The van der Waals surface area contributed by atoms with E-state index in [0.29, 0.717) is 11.7 Å². The zero-order valence-corrected chi connectivity index (χ0v) is 18.1. The summed E-state index contributed by atoms with van der Waals surface area (Å²) in [5, 5.41) is 6.63. The Hall–Kier alpha value is -2.35. The lowest BCUT2D eigenvalue weighted by Crippen LogP contribution is -2.32. The molecule has 158 valence electrons. The van der Waals surface area contributed by atoms with E-state index in [1.807, 2.05) is 0 Å². The summed E-state index contributed by atoms with van der Waals surface area (Å²) in [7, 11) is -1.99. The minimum atomic E-state index is -3.51. The van der Waals surface area contributed by atoms with Crippen molar-refractivity contribution >= 4 is 15.7 Å². The van der Waals surface area contributed by atoms with Gasteiger partial charge >= 0.3 is 0 Å². The molecule has 0 fully saturated rings. The van der Waals surface area contributed by atoms with Crippen LogP contribution in [-0.4, -0.2) is 38.9 Å². The number of rotatable bonds is 6. The third kappa shape index (κ3) is 4.80. The lowest BCUT2D eigenvalue weighted by molar-refractivity contribution is 0.0945. The number of sulfone groups is 1. The van der Waals surface area contributed by atoms with Crippen LogP contribution in [0.5, 0.6) is 5.75 Å². The predicted molar refractivity (Wildman–Crippen MR) is 109 cm³/mol. The van der Waals surface area contributed by atoms with Gasteiger partial charge in [0.05, 0.1) is 17.8 Å². The highest BCUT2D eigenvalue weighted by Crippen LogP contribution is 2.38. The van der Waals surface area contributed by atoms with Gasteiger partial charge in [-0.2, -0.15) is 0 Å². The summed E-state index contributed by atoms with van der Waals surface area (Å²) in [5.74, 6) is 1.20. The normalized spacial score (nSPS) is 16.9. The molecule has 0 unspecified atom stereocenters. The van der Waals surface area contributed by atoms with Crippen LogP contribution >= 0.6 is 0 Å². The highest BCUT2D eigenvalue weighted by molar-refractivity contribution is 7.91. The average molecular weight is 421 g/mol. The molecule has 0 saturated carbocycles. The van der Waals surface area contributed by atoms with E-state index in [4.69, 9.17) is 9.26 Å². The van der Waals surface area contributed by atoms with E-state index in [2.05, 4.69) is 31.2 Å². The van der Waals surface area contributed by atoms with E-state index < -0.39 is 15.7 Å². The fourth-order valence-electron chi connectivity index (χ4n) is 3.61. The van der Waals surface area contributed by atoms with E-state index in [9.17, 15) is 13.2 Å².